The van der Waals surface area contributed by atoms with Gasteiger partial charge in [-0.25, -0.2) is 9.18 Å². The zero-order valence-electron chi connectivity index (χ0n) is 14.3. The van der Waals surface area contributed by atoms with Crippen LogP contribution in [0.4, 0.5) is 14.9 Å². The Balaban J connectivity index is 1.61. The maximum absolute atomic E-state index is 12.9. The molecule has 1 saturated heterocycles. The van der Waals surface area contributed by atoms with Crippen molar-refractivity contribution in [3.05, 3.63) is 30.1 Å². The summed E-state index contributed by atoms with van der Waals surface area (Å²) in [6.07, 6.45) is 3.56. The number of rotatable bonds is 4. The van der Waals surface area contributed by atoms with Crippen molar-refractivity contribution in [2.45, 2.75) is 56.8 Å². The topological polar surface area (TPSA) is 78.9 Å². The van der Waals surface area contributed by atoms with Crippen LogP contribution in [-0.4, -0.2) is 39.9 Å². The third-order valence-corrected chi connectivity index (χ3v) is 5.24. The Morgan fingerprint density at radius 1 is 1.28 bits per heavy atom. The fourth-order valence-corrected chi connectivity index (χ4v) is 3.72. The molecular weight excluding hydrogens is 327 g/mol. The van der Waals surface area contributed by atoms with Crippen molar-refractivity contribution >= 4 is 17.7 Å². The van der Waals surface area contributed by atoms with Crippen LogP contribution in [0.2, 0.25) is 0 Å². The molecule has 1 saturated carbocycles. The number of ether oxygens (including phenoxy) is 1. The van der Waals surface area contributed by atoms with Crippen LogP contribution in [0.5, 0.6) is 0 Å². The van der Waals surface area contributed by atoms with Gasteiger partial charge >= 0.3 is 6.09 Å². The minimum atomic E-state index is -1.43. The summed E-state index contributed by atoms with van der Waals surface area (Å²) in [6.45, 7) is 1.64. The lowest BCUT2D eigenvalue weighted by molar-refractivity contribution is -0.159. The van der Waals surface area contributed by atoms with Gasteiger partial charge in [-0.05, 0) is 56.9 Å². The van der Waals surface area contributed by atoms with Crippen LogP contribution in [0.3, 0.4) is 0 Å². The van der Waals surface area contributed by atoms with Gasteiger partial charge in [-0.2, -0.15) is 0 Å². The SMILES string of the molecule is C[C@]1(O)N(CCC(=O)Nc2ccc(F)cc2)C(=O)OC12CCCCC2. The molecule has 3 rings (SSSR count). The molecule has 6 nitrogen and oxygen atoms in total. The third-order valence-electron chi connectivity index (χ3n) is 5.24. The second-order valence-electron chi connectivity index (χ2n) is 6.90. The van der Waals surface area contributed by atoms with Crippen molar-refractivity contribution in [2.75, 3.05) is 11.9 Å². The molecule has 7 heteroatoms. The number of aliphatic hydroxyl groups is 1. The average Bonchev–Trinajstić information content (AvgIpc) is 2.74. The molecule has 2 N–H and O–H groups in total. The molecular formula is C18H23FN2O4. The van der Waals surface area contributed by atoms with Crippen molar-refractivity contribution in [1.29, 1.82) is 0 Å². The summed E-state index contributed by atoms with van der Waals surface area (Å²) in [5.74, 6) is -0.702. The summed E-state index contributed by atoms with van der Waals surface area (Å²) < 4.78 is 18.4. The molecule has 1 heterocycles. The quantitative estimate of drug-likeness (QED) is 0.875. The number of amides is 2. The Morgan fingerprint density at radius 3 is 2.56 bits per heavy atom. The molecule has 0 aromatic heterocycles. The fraction of sp³-hybridized carbons (Fsp3) is 0.556. The Kier molecular flexibility index (Phi) is 4.69. The fourth-order valence-electron chi connectivity index (χ4n) is 3.72. The van der Waals surface area contributed by atoms with E-state index in [2.05, 4.69) is 5.32 Å². The molecule has 0 radical (unpaired) electrons. The summed E-state index contributed by atoms with van der Waals surface area (Å²) in [4.78, 5) is 25.6. The Hall–Kier alpha value is -2.15. The van der Waals surface area contributed by atoms with Crippen LogP contribution >= 0.6 is 0 Å². The van der Waals surface area contributed by atoms with E-state index >= 15 is 0 Å². The van der Waals surface area contributed by atoms with Crippen LogP contribution in [0.25, 0.3) is 0 Å². The number of carbonyl (C=O) groups is 2. The van der Waals surface area contributed by atoms with Gasteiger partial charge in [0.05, 0.1) is 0 Å². The number of hydrogen-bond acceptors (Lipinski definition) is 4. The molecule has 1 aromatic rings. The summed E-state index contributed by atoms with van der Waals surface area (Å²) in [5, 5.41) is 13.6. The average molecular weight is 350 g/mol. The Labute approximate surface area is 146 Å². The zero-order valence-corrected chi connectivity index (χ0v) is 14.3. The summed E-state index contributed by atoms with van der Waals surface area (Å²) >= 11 is 0. The van der Waals surface area contributed by atoms with Crippen LogP contribution in [0, 0.1) is 5.82 Å². The standard InChI is InChI=1S/C18H23FN2O4/c1-17(24)18(10-3-2-4-11-18)25-16(23)21(17)12-9-15(22)20-14-7-5-13(19)6-8-14/h5-8,24H,2-4,9-12H2,1H3,(H,20,22)/t17-/m1/s1. The lowest BCUT2D eigenvalue weighted by Gasteiger charge is -2.42. The van der Waals surface area contributed by atoms with Crippen molar-refractivity contribution in [3.63, 3.8) is 0 Å². The van der Waals surface area contributed by atoms with Gasteiger partial charge in [-0.1, -0.05) is 6.42 Å². The predicted molar refractivity (Wildman–Crippen MR) is 89.3 cm³/mol. The van der Waals surface area contributed by atoms with E-state index < -0.39 is 17.4 Å². The lowest BCUT2D eigenvalue weighted by Crippen LogP contribution is -2.57. The van der Waals surface area contributed by atoms with Crippen LogP contribution in [-0.2, 0) is 9.53 Å². The molecule has 0 unspecified atom stereocenters. The van der Waals surface area contributed by atoms with Gasteiger partial charge in [0, 0.05) is 18.7 Å². The van der Waals surface area contributed by atoms with Crippen molar-refractivity contribution in [3.8, 4) is 0 Å². The largest absolute Gasteiger partial charge is 0.438 e. The minimum absolute atomic E-state index is 0.0126. The van der Waals surface area contributed by atoms with Gasteiger partial charge in [0.15, 0.2) is 11.3 Å². The van der Waals surface area contributed by atoms with Crippen molar-refractivity contribution in [2.24, 2.45) is 0 Å². The molecule has 1 aromatic carbocycles. The normalized spacial score (nSPS) is 25.1. The smallest absolute Gasteiger partial charge is 0.412 e. The summed E-state index contributed by atoms with van der Waals surface area (Å²) in [6, 6.07) is 5.44. The van der Waals surface area contributed by atoms with E-state index in [1.54, 1.807) is 6.92 Å². The third kappa shape index (κ3) is 3.33. The number of nitrogens with one attached hydrogen (secondary N) is 1. The van der Waals surface area contributed by atoms with Crippen molar-refractivity contribution < 1.29 is 23.8 Å². The number of carbonyl (C=O) groups excluding carboxylic acids is 2. The highest BCUT2D eigenvalue weighted by molar-refractivity contribution is 5.91. The van der Waals surface area contributed by atoms with Crippen LogP contribution in [0.1, 0.15) is 45.4 Å². The Morgan fingerprint density at radius 2 is 1.92 bits per heavy atom. The highest BCUT2D eigenvalue weighted by Gasteiger charge is 2.61. The first-order valence-electron chi connectivity index (χ1n) is 8.62. The van der Waals surface area contributed by atoms with E-state index in [4.69, 9.17) is 4.74 Å². The molecule has 136 valence electrons. The maximum atomic E-state index is 12.9. The molecule has 1 atom stereocenters. The summed E-state index contributed by atoms with van der Waals surface area (Å²) in [7, 11) is 0. The molecule has 2 amide bonds. The second-order valence-corrected chi connectivity index (χ2v) is 6.90. The highest BCUT2D eigenvalue weighted by atomic mass is 19.1. The molecule has 0 bridgehead atoms. The van der Waals surface area contributed by atoms with Gasteiger partial charge in [-0.15, -0.1) is 0 Å². The number of nitrogens with zero attached hydrogens (tertiary/aromatic N) is 1. The second kappa shape index (κ2) is 6.63. The zero-order chi connectivity index (χ0) is 18.1. The van der Waals surface area contributed by atoms with Crippen LogP contribution in [0.15, 0.2) is 24.3 Å². The van der Waals surface area contributed by atoms with E-state index in [1.165, 1.54) is 29.2 Å². The van der Waals surface area contributed by atoms with E-state index in [1.807, 2.05) is 0 Å². The Bertz CT molecular complexity index is 654. The molecule has 25 heavy (non-hydrogen) atoms. The molecule has 1 aliphatic carbocycles. The minimum Gasteiger partial charge on any atom is -0.438 e. The first-order chi connectivity index (χ1) is 11.8. The van der Waals surface area contributed by atoms with E-state index in [9.17, 15) is 19.1 Å². The van der Waals surface area contributed by atoms with E-state index in [0.29, 0.717) is 18.5 Å². The molecule has 1 spiro atoms. The first-order valence-corrected chi connectivity index (χ1v) is 8.62. The summed E-state index contributed by atoms with van der Waals surface area (Å²) in [5.41, 5.74) is -1.83. The highest BCUT2D eigenvalue weighted by Crippen LogP contribution is 2.46. The van der Waals surface area contributed by atoms with Crippen LogP contribution < -0.4 is 5.32 Å². The van der Waals surface area contributed by atoms with E-state index in [0.717, 1.165) is 19.3 Å². The predicted octanol–water partition coefficient (Wildman–Crippen LogP) is 3.02. The lowest BCUT2D eigenvalue weighted by atomic mass is 9.77. The first kappa shape index (κ1) is 17.7. The monoisotopic (exact) mass is 350 g/mol. The van der Waals surface area contributed by atoms with E-state index in [-0.39, 0.29) is 24.7 Å². The van der Waals surface area contributed by atoms with Gasteiger partial charge in [0.2, 0.25) is 5.91 Å². The molecule has 2 fully saturated rings. The number of halogens is 1. The van der Waals surface area contributed by atoms with Crippen molar-refractivity contribution in [1.82, 2.24) is 4.90 Å². The molecule has 2 aliphatic rings. The number of benzene rings is 1. The number of hydrogen-bond donors (Lipinski definition) is 2. The number of anilines is 1. The van der Waals surface area contributed by atoms with Gasteiger partial charge in [0.25, 0.3) is 0 Å². The molecule has 1 aliphatic heterocycles. The van der Waals surface area contributed by atoms with Gasteiger partial charge in [0.1, 0.15) is 5.82 Å². The van der Waals surface area contributed by atoms with Gasteiger partial charge in [-0.3, -0.25) is 9.69 Å². The maximum Gasteiger partial charge on any atom is 0.412 e. The van der Waals surface area contributed by atoms with Gasteiger partial charge < -0.3 is 15.2 Å².